The van der Waals surface area contributed by atoms with E-state index in [9.17, 15) is 9.90 Å². The van der Waals surface area contributed by atoms with Gasteiger partial charge >= 0.3 is 0 Å². The van der Waals surface area contributed by atoms with Crippen LogP contribution in [0.5, 0.6) is 5.75 Å². The van der Waals surface area contributed by atoms with Crippen LogP contribution in [0.15, 0.2) is 18.2 Å². The number of hydrogen-bond acceptors (Lipinski definition) is 3. The third kappa shape index (κ3) is 5.39. The molecule has 0 heterocycles. The summed E-state index contributed by atoms with van der Waals surface area (Å²) in [5, 5.41) is 13.3. The van der Waals surface area contributed by atoms with E-state index in [-0.39, 0.29) is 18.9 Å². The third-order valence-electron chi connectivity index (χ3n) is 3.05. The van der Waals surface area contributed by atoms with Gasteiger partial charge in [-0.3, -0.25) is 4.79 Å². The van der Waals surface area contributed by atoms with Gasteiger partial charge in [0, 0.05) is 17.1 Å². The lowest BCUT2D eigenvalue weighted by molar-refractivity contribution is -0.121. The lowest BCUT2D eigenvalue weighted by atomic mass is 10.0. The fraction of sp³-hybridized carbons (Fsp3) is 0.533. The van der Waals surface area contributed by atoms with E-state index in [4.69, 9.17) is 16.3 Å². The Hall–Kier alpha value is -1.26. The number of carbonyl (C=O) groups excluding carboxylic acids is 1. The largest absolute Gasteiger partial charge is 0.496 e. The molecule has 4 nitrogen and oxygen atoms in total. The van der Waals surface area contributed by atoms with Gasteiger partial charge in [0.1, 0.15) is 5.75 Å². The highest BCUT2D eigenvalue weighted by atomic mass is 35.5. The summed E-state index contributed by atoms with van der Waals surface area (Å²) < 4.78 is 5.20. The molecule has 0 saturated carbocycles. The maximum atomic E-state index is 11.9. The van der Waals surface area contributed by atoms with Gasteiger partial charge in [0.05, 0.1) is 19.1 Å². The summed E-state index contributed by atoms with van der Waals surface area (Å²) in [7, 11) is 1.55. The predicted molar refractivity (Wildman–Crippen MR) is 80.2 cm³/mol. The van der Waals surface area contributed by atoms with E-state index in [1.54, 1.807) is 32.2 Å². The number of hydrogen-bond donors (Lipinski definition) is 2. The van der Waals surface area contributed by atoms with Gasteiger partial charge in [-0.25, -0.2) is 0 Å². The molecule has 0 fully saturated rings. The molecule has 112 valence electrons. The summed E-state index contributed by atoms with van der Waals surface area (Å²) >= 11 is 5.92. The number of halogens is 1. The molecule has 20 heavy (non-hydrogen) atoms. The van der Waals surface area contributed by atoms with E-state index in [0.29, 0.717) is 17.2 Å². The molecule has 0 aliphatic carbocycles. The second-order valence-corrected chi connectivity index (χ2v) is 5.59. The van der Waals surface area contributed by atoms with E-state index in [2.05, 4.69) is 5.32 Å². The second-order valence-electron chi connectivity index (χ2n) is 5.16. The van der Waals surface area contributed by atoms with Crippen molar-refractivity contribution in [2.24, 2.45) is 0 Å². The summed E-state index contributed by atoms with van der Waals surface area (Å²) in [6, 6.07) is 5.16. The van der Waals surface area contributed by atoms with Gasteiger partial charge in [-0.2, -0.15) is 0 Å². The molecule has 0 aliphatic rings. The van der Waals surface area contributed by atoms with Gasteiger partial charge in [-0.1, -0.05) is 24.9 Å². The lowest BCUT2D eigenvalue weighted by Crippen LogP contribution is -2.41. The zero-order chi connectivity index (χ0) is 15.2. The summed E-state index contributed by atoms with van der Waals surface area (Å²) in [5.74, 6) is 0.465. The number of aliphatic hydroxyl groups is 1. The van der Waals surface area contributed by atoms with Crippen molar-refractivity contribution in [2.75, 3.05) is 13.7 Å². The predicted octanol–water partition coefficient (Wildman–Crippen LogP) is 2.56. The summed E-state index contributed by atoms with van der Waals surface area (Å²) in [4.78, 5) is 11.9. The van der Waals surface area contributed by atoms with Crippen LogP contribution in [0.4, 0.5) is 0 Å². The Bertz CT molecular complexity index is 460. The first kappa shape index (κ1) is 16.8. The van der Waals surface area contributed by atoms with E-state index >= 15 is 0 Å². The van der Waals surface area contributed by atoms with Crippen molar-refractivity contribution in [3.63, 3.8) is 0 Å². The Balaban J connectivity index is 2.61. The molecule has 1 amide bonds. The number of rotatable bonds is 7. The highest BCUT2D eigenvalue weighted by Crippen LogP contribution is 2.23. The minimum Gasteiger partial charge on any atom is -0.496 e. The number of methoxy groups -OCH3 is 1. The Morgan fingerprint density at radius 2 is 2.20 bits per heavy atom. The van der Waals surface area contributed by atoms with Crippen LogP contribution < -0.4 is 10.1 Å². The summed E-state index contributed by atoms with van der Waals surface area (Å²) in [6.07, 6.45) is 1.69. The Kier molecular flexibility index (Phi) is 6.30. The molecule has 1 unspecified atom stereocenters. The zero-order valence-electron chi connectivity index (χ0n) is 12.2. The van der Waals surface area contributed by atoms with Crippen LogP contribution in [0, 0.1) is 0 Å². The molecule has 1 atom stereocenters. The highest BCUT2D eigenvalue weighted by Gasteiger charge is 2.20. The van der Waals surface area contributed by atoms with Gasteiger partial charge in [0.2, 0.25) is 5.91 Å². The maximum absolute atomic E-state index is 11.9. The molecular weight excluding hydrogens is 278 g/mol. The molecule has 1 aromatic rings. The molecule has 0 aromatic heterocycles. The Labute approximate surface area is 125 Å². The average Bonchev–Trinajstić information content (AvgIpc) is 2.37. The molecule has 0 aliphatic heterocycles. The van der Waals surface area contributed by atoms with Gasteiger partial charge < -0.3 is 15.2 Å². The smallest absolute Gasteiger partial charge is 0.224 e. The summed E-state index contributed by atoms with van der Waals surface area (Å²) in [5.41, 5.74) is -0.143. The van der Waals surface area contributed by atoms with Crippen LogP contribution in [0.25, 0.3) is 0 Å². The van der Waals surface area contributed by atoms with Crippen molar-refractivity contribution < 1.29 is 14.6 Å². The first-order chi connectivity index (χ1) is 9.38. The molecule has 0 radical (unpaired) electrons. The van der Waals surface area contributed by atoms with Crippen molar-refractivity contribution in [1.29, 1.82) is 0 Å². The van der Waals surface area contributed by atoms with Gasteiger partial charge in [0.15, 0.2) is 0 Å². The highest BCUT2D eigenvalue weighted by molar-refractivity contribution is 6.30. The average molecular weight is 300 g/mol. The fourth-order valence-corrected chi connectivity index (χ4v) is 2.23. The van der Waals surface area contributed by atoms with Crippen molar-refractivity contribution in [3.05, 3.63) is 28.8 Å². The van der Waals surface area contributed by atoms with Gasteiger partial charge in [-0.05, 0) is 31.5 Å². The van der Waals surface area contributed by atoms with Crippen LogP contribution in [0.3, 0.4) is 0 Å². The van der Waals surface area contributed by atoms with Crippen LogP contribution in [0.2, 0.25) is 5.02 Å². The van der Waals surface area contributed by atoms with Crippen molar-refractivity contribution in [3.8, 4) is 5.75 Å². The lowest BCUT2D eigenvalue weighted by Gasteiger charge is -2.23. The molecule has 0 spiro atoms. The minimum absolute atomic E-state index is 0.165. The van der Waals surface area contributed by atoms with Crippen LogP contribution >= 0.6 is 11.6 Å². The molecule has 0 bridgehead atoms. The number of carbonyl (C=O) groups is 1. The first-order valence-corrected chi connectivity index (χ1v) is 7.07. The van der Waals surface area contributed by atoms with E-state index in [1.165, 1.54) is 0 Å². The van der Waals surface area contributed by atoms with Crippen LogP contribution in [0.1, 0.15) is 32.3 Å². The van der Waals surface area contributed by atoms with E-state index < -0.39 is 5.60 Å². The quantitative estimate of drug-likeness (QED) is 0.813. The first-order valence-electron chi connectivity index (χ1n) is 6.69. The standard InChI is InChI=1S/C15H22ClNO3/c1-4-7-15(2,19)10-17-14(18)9-11-8-12(16)5-6-13(11)20-3/h5-6,8,19H,4,7,9-10H2,1-3H3,(H,17,18). The molecular formula is C15H22ClNO3. The van der Waals surface area contributed by atoms with E-state index in [0.717, 1.165) is 12.0 Å². The second kappa shape index (κ2) is 7.50. The minimum atomic E-state index is -0.872. The van der Waals surface area contributed by atoms with Gasteiger partial charge in [0.25, 0.3) is 0 Å². The SMILES string of the molecule is CCCC(C)(O)CNC(=O)Cc1cc(Cl)ccc1OC. The molecule has 2 N–H and O–H groups in total. The monoisotopic (exact) mass is 299 g/mol. The molecule has 0 saturated heterocycles. The normalized spacial score (nSPS) is 13.7. The van der Waals surface area contributed by atoms with Crippen molar-refractivity contribution in [2.45, 2.75) is 38.7 Å². The van der Waals surface area contributed by atoms with Gasteiger partial charge in [-0.15, -0.1) is 0 Å². The molecule has 1 aromatic carbocycles. The van der Waals surface area contributed by atoms with Crippen molar-refractivity contribution in [1.82, 2.24) is 5.32 Å². The zero-order valence-corrected chi connectivity index (χ0v) is 13.0. The van der Waals surface area contributed by atoms with Crippen LogP contribution in [-0.4, -0.2) is 30.3 Å². The third-order valence-corrected chi connectivity index (χ3v) is 3.28. The fourth-order valence-electron chi connectivity index (χ4n) is 2.04. The summed E-state index contributed by atoms with van der Waals surface area (Å²) in [6.45, 7) is 3.95. The topological polar surface area (TPSA) is 58.6 Å². The number of nitrogens with one attached hydrogen (secondary N) is 1. The van der Waals surface area contributed by atoms with Crippen molar-refractivity contribution >= 4 is 17.5 Å². The molecule has 5 heteroatoms. The van der Waals surface area contributed by atoms with Crippen LogP contribution in [-0.2, 0) is 11.2 Å². The number of benzene rings is 1. The number of ether oxygens (including phenoxy) is 1. The Morgan fingerprint density at radius 1 is 1.50 bits per heavy atom. The maximum Gasteiger partial charge on any atom is 0.224 e. The Morgan fingerprint density at radius 3 is 2.80 bits per heavy atom. The number of amides is 1. The van der Waals surface area contributed by atoms with E-state index in [1.807, 2.05) is 6.92 Å². The molecule has 1 rings (SSSR count).